The zero-order chi connectivity index (χ0) is 19.4. The van der Waals surface area contributed by atoms with Gasteiger partial charge in [0.15, 0.2) is 0 Å². The van der Waals surface area contributed by atoms with E-state index < -0.39 is 11.7 Å². The van der Waals surface area contributed by atoms with E-state index in [9.17, 15) is 18.0 Å². The van der Waals surface area contributed by atoms with Gasteiger partial charge in [0.05, 0.1) is 11.3 Å². The highest BCUT2D eigenvalue weighted by molar-refractivity contribution is 7.98. The molecule has 0 unspecified atom stereocenters. The van der Waals surface area contributed by atoms with Crippen LogP contribution in [0.4, 0.5) is 18.9 Å². The van der Waals surface area contributed by atoms with Crippen LogP contribution in [0.2, 0.25) is 0 Å². The van der Waals surface area contributed by atoms with E-state index in [1.54, 1.807) is 12.1 Å². The number of carbonyl (C=O) groups excluding carboxylic acids is 1. The Morgan fingerprint density at radius 3 is 2.59 bits per heavy atom. The third-order valence-electron chi connectivity index (χ3n) is 3.45. The number of nitrogens with zero attached hydrogens (tertiary/aromatic N) is 2. The highest BCUT2D eigenvalue weighted by Gasteiger charge is 2.30. The number of hydrogen-bond donors (Lipinski definition) is 1. The van der Waals surface area contributed by atoms with Crippen molar-refractivity contribution < 1.29 is 22.5 Å². The quantitative estimate of drug-likeness (QED) is 0.618. The molecule has 0 saturated heterocycles. The zero-order valence-electron chi connectivity index (χ0n) is 14.1. The van der Waals surface area contributed by atoms with E-state index in [0.29, 0.717) is 17.3 Å². The van der Waals surface area contributed by atoms with Crippen molar-refractivity contribution in [1.29, 1.82) is 0 Å². The van der Waals surface area contributed by atoms with E-state index >= 15 is 0 Å². The third-order valence-corrected chi connectivity index (χ3v) is 4.45. The molecule has 1 aromatic heterocycles. The van der Waals surface area contributed by atoms with Crippen LogP contribution in [0.1, 0.15) is 18.4 Å². The highest BCUT2D eigenvalue weighted by Crippen LogP contribution is 2.32. The maximum atomic E-state index is 12.8. The molecule has 0 radical (unpaired) electrons. The molecular formula is C18H14F3N3O2S. The fourth-order valence-electron chi connectivity index (χ4n) is 2.25. The predicted molar refractivity (Wildman–Crippen MR) is 95.0 cm³/mol. The number of amides is 1. The first-order chi connectivity index (χ1) is 12.8. The van der Waals surface area contributed by atoms with Crippen molar-refractivity contribution in [3.05, 3.63) is 60.0 Å². The minimum atomic E-state index is -4.43. The number of hydrogen-bond acceptors (Lipinski definition) is 5. The monoisotopic (exact) mass is 393 g/mol. The SMILES string of the molecule is CC(=O)Nc1ccc(SCc2nc(-c3cccc(C(F)(F)F)c3)no2)cc1. The van der Waals surface area contributed by atoms with Gasteiger partial charge in [0.2, 0.25) is 17.6 Å². The molecule has 1 amide bonds. The van der Waals surface area contributed by atoms with E-state index in [4.69, 9.17) is 4.52 Å². The van der Waals surface area contributed by atoms with Gasteiger partial charge in [-0.25, -0.2) is 0 Å². The summed E-state index contributed by atoms with van der Waals surface area (Å²) >= 11 is 1.43. The summed E-state index contributed by atoms with van der Waals surface area (Å²) in [6.45, 7) is 1.43. The van der Waals surface area contributed by atoms with E-state index in [1.807, 2.05) is 12.1 Å². The second-order valence-corrected chi connectivity index (χ2v) is 6.63. The Kier molecular flexibility index (Phi) is 5.50. The molecule has 27 heavy (non-hydrogen) atoms. The average molecular weight is 393 g/mol. The molecule has 2 aromatic carbocycles. The Bertz CT molecular complexity index is 940. The number of thioether (sulfide) groups is 1. The molecule has 1 N–H and O–H groups in total. The number of rotatable bonds is 5. The zero-order valence-corrected chi connectivity index (χ0v) is 14.9. The third kappa shape index (κ3) is 5.10. The summed E-state index contributed by atoms with van der Waals surface area (Å²) in [7, 11) is 0. The first-order valence-corrected chi connectivity index (χ1v) is 8.80. The molecule has 0 saturated carbocycles. The summed E-state index contributed by atoms with van der Waals surface area (Å²) in [5, 5.41) is 6.43. The molecule has 0 aliphatic heterocycles. The maximum Gasteiger partial charge on any atom is 0.416 e. The van der Waals surface area contributed by atoms with Crippen LogP contribution in [0.15, 0.2) is 57.9 Å². The lowest BCUT2D eigenvalue weighted by Crippen LogP contribution is -2.05. The largest absolute Gasteiger partial charge is 0.416 e. The van der Waals surface area contributed by atoms with Gasteiger partial charge >= 0.3 is 6.18 Å². The van der Waals surface area contributed by atoms with Crippen molar-refractivity contribution >= 4 is 23.4 Å². The maximum absolute atomic E-state index is 12.8. The molecule has 0 spiro atoms. The van der Waals surface area contributed by atoms with Crippen molar-refractivity contribution in [3.8, 4) is 11.4 Å². The van der Waals surface area contributed by atoms with Gasteiger partial charge in [0.25, 0.3) is 0 Å². The molecule has 0 aliphatic rings. The average Bonchev–Trinajstić information content (AvgIpc) is 3.09. The predicted octanol–water partition coefficient (Wildman–Crippen LogP) is 5.01. The van der Waals surface area contributed by atoms with Crippen LogP contribution in [-0.2, 0) is 16.7 Å². The summed E-state index contributed by atoms with van der Waals surface area (Å²) in [5.41, 5.74) is 0.168. The minimum Gasteiger partial charge on any atom is -0.338 e. The molecule has 0 fully saturated rings. The second-order valence-electron chi connectivity index (χ2n) is 5.58. The lowest BCUT2D eigenvalue weighted by molar-refractivity contribution is -0.137. The Labute approximate surface area is 157 Å². The molecule has 0 aliphatic carbocycles. The summed E-state index contributed by atoms with van der Waals surface area (Å²) in [6.07, 6.45) is -4.43. The standard InChI is InChI=1S/C18H14F3N3O2S/c1-11(25)22-14-5-7-15(8-6-14)27-10-16-23-17(24-26-16)12-3-2-4-13(9-12)18(19,20)21/h2-9H,10H2,1H3,(H,22,25). The van der Waals surface area contributed by atoms with Crippen LogP contribution in [0, 0.1) is 0 Å². The fraction of sp³-hybridized carbons (Fsp3) is 0.167. The van der Waals surface area contributed by atoms with Crippen LogP contribution < -0.4 is 5.32 Å². The highest BCUT2D eigenvalue weighted by atomic mass is 32.2. The van der Waals surface area contributed by atoms with E-state index in [1.165, 1.54) is 30.8 Å². The molecule has 5 nitrogen and oxygen atoms in total. The van der Waals surface area contributed by atoms with Crippen LogP contribution in [0.3, 0.4) is 0 Å². The summed E-state index contributed by atoms with van der Waals surface area (Å²) < 4.78 is 43.5. The molecule has 140 valence electrons. The molecule has 0 atom stereocenters. The van der Waals surface area contributed by atoms with Crippen molar-refractivity contribution in [1.82, 2.24) is 10.1 Å². The van der Waals surface area contributed by atoms with Gasteiger partial charge < -0.3 is 9.84 Å². The van der Waals surface area contributed by atoms with E-state index in [0.717, 1.165) is 17.0 Å². The van der Waals surface area contributed by atoms with Crippen LogP contribution in [0.5, 0.6) is 0 Å². The van der Waals surface area contributed by atoms with Gasteiger partial charge in [-0.3, -0.25) is 4.79 Å². The Balaban J connectivity index is 1.65. The molecule has 3 rings (SSSR count). The van der Waals surface area contributed by atoms with Crippen molar-refractivity contribution in [2.75, 3.05) is 5.32 Å². The van der Waals surface area contributed by atoms with Crippen LogP contribution >= 0.6 is 11.8 Å². The lowest BCUT2D eigenvalue weighted by Gasteiger charge is -2.06. The Morgan fingerprint density at radius 1 is 1.19 bits per heavy atom. The molecular weight excluding hydrogens is 379 g/mol. The Morgan fingerprint density at radius 2 is 1.93 bits per heavy atom. The molecule has 3 aromatic rings. The van der Waals surface area contributed by atoms with Gasteiger partial charge in [0.1, 0.15) is 0 Å². The number of aromatic nitrogens is 2. The van der Waals surface area contributed by atoms with Gasteiger partial charge in [-0.2, -0.15) is 18.2 Å². The molecule has 0 bridgehead atoms. The number of alkyl halides is 3. The van der Waals surface area contributed by atoms with Crippen LogP contribution in [0.25, 0.3) is 11.4 Å². The summed E-state index contributed by atoms with van der Waals surface area (Å²) in [6, 6.07) is 12.0. The Hall–Kier alpha value is -2.81. The normalized spacial score (nSPS) is 11.4. The lowest BCUT2D eigenvalue weighted by atomic mass is 10.1. The summed E-state index contributed by atoms with van der Waals surface area (Å²) in [4.78, 5) is 16.1. The number of halogens is 3. The first-order valence-electron chi connectivity index (χ1n) is 7.82. The number of benzene rings is 2. The fourth-order valence-corrected chi connectivity index (χ4v) is 2.98. The number of carbonyl (C=O) groups is 1. The van der Waals surface area contributed by atoms with Gasteiger partial charge in [-0.05, 0) is 36.4 Å². The van der Waals surface area contributed by atoms with Gasteiger partial charge in [-0.15, -0.1) is 11.8 Å². The van der Waals surface area contributed by atoms with Crippen molar-refractivity contribution in [3.63, 3.8) is 0 Å². The van der Waals surface area contributed by atoms with E-state index in [-0.39, 0.29) is 17.3 Å². The first kappa shape index (κ1) is 19.0. The smallest absolute Gasteiger partial charge is 0.338 e. The van der Waals surface area contributed by atoms with Gasteiger partial charge in [-0.1, -0.05) is 17.3 Å². The van der Waals surface area contributed by atoms with Crippen molar-refractivity contribution in [2.45, 2.75) is 23.7 Å². The van der Waals surface area contributed by atoms with Crippen molar-refractivity contribution in [2.24, 2.45) is 0 Å². The molecule has 9 heteroatoms. The minimum absolute atomic E-state index is 0.109. The topological polar surface area (TPSA) is 68.0 Å². The van der Waals surface area contributed by atoms with Gasteiger partial charge in [0, 0.05) is 23.1 Å². The van der Waals surface area contributed by atoms with Crippen LogP contribution in [-0.4, -0.2) is 16.0 Å². The number of nitrogens with one attached hydrogen (secondary N) is 1. The second kappa shape index (κ2) is 7.83. The van der Waals surface area contributed by atoms with E-state index in [2.05, 4.69) is 15.5 Å². The number of anilines is 1. The molecule has 1 heterocycles. The summed E-state index contributed by atoms with van der Waals surface area (Å²) in [5.74, 6) is 0.630.